The van der Waals surface area contributed by atoms with Gasteiger partial charge in [-0.3, -0.25) is 9.11 Å². The predicted octanol–water partition coefficient (Wildman–Crippen LogP) is 0.780. The van der Waals surface area contributed by atoms with E-state index in [0.29, 0.717) is 0 Å². The van der Waals surface area contributed by atoms with Crippen molar-refractivity contribution in [3.63, 3.8) is 0 Å². The van der Waals surface area contributed by atoms with Gasteiger partial charge in [-0.1, -0.05) is 6.92 Å². The van der Waals surface area contributed by atoms with E-state index in [1.165, 1.54) is 0 Å². The number of rotatable bonds is 3. The summed E-state index contributed by atoms with van der Waals surface area (Å²) in [5.41, 5.74) is 0. The molecule has 0 aromatic heterocycles. The molecule has 0 bridgehead atoms. The van der Waals surface area contributed by atoms with E-state index < -0.39 is 10.4 Å². The molecule has 0 saturated heterocycles. The van der Waals surface area contributed by atoms with Crippen LogP contribution in [0.3, 0.4) is 0 Å². The third kappa shape index (κ3) is 75.2. The van der Waals surface area contributed by atoms with E-state index in [2.05, 4.69) is 6.92 Å². The summed E-state index contributed by atoms with van der Waals surface area (Å²) in [5, 5.41) is 0. The maximum absolute atomic E-state index is 8.74. The Balaban J connectivity index is 0. The maximum Gasteiger partial charge on any atom is 0.394 e. The van der Waals surface area contributed by atoms with Crippen LogP contribution in [-0.2, 0) is 15.1 Å². The van der Waals surface area contributed by atoms with Crippen LogP contribution in [0.25, 0.3) is 0 Å². The first-order valence-corrected chi connectivity index (χ1v) is 4.59. The lowest BCUT2D eigenvalue weighted by molar-refractivity contribution is 0.148. The van der Waals surface area contributed by atoms with Gasteiger partial charge in [0.2, 0.25) is 0 Å². The highest BCUT2D eigenvalue weighted by atomic mass is 32.3. The molecule has 2 N–H and O–H groups in total. The summed E-state index contributed by atoms with van der Waals surface area (Å²) in [6.07, 6.45) is 1.13. The van der Waals surface area contributed by atoms with Crippen LogP contribution in [0.4, 0.5) is 0 Å². The molecule has 11 heavy (non-hydrogen) atoms. The van der Waals surface area contributed by atoms with Gasteiger partial charge in [-0.05, 0) is 13.3 Å². The van der Waals surface area contributed by atoms with Gasteiger partial charge in [0.05, 0.1) is 0 Å². The number of hydrogen-bond donors (Lipinski definition) is 2. The molecule has 0 aliphatic carbocycles. The third-order valence-electron chi connectivity index (χ3n) is 0.553. The maximum atomic E-state index is 8.74. The number of hydrogen-bond acceptors (Lipinski definition) is 3. The van der Waals surface area contributed by atoms with Gasteiger partial charge < -0.3 is 4.74 Å². The van der Waals surface area contributed by atoms with Crippen LogP contribution in [-0.4, -0.2) is 30.7 Å². The van der Waals surface area contributed by atoms with Gasteiger partial charge in [-0.2, -0.15) is 8.42 Å². The molecular formula is C5H14O5S. The van der Waals surface area contributed by atoms with Crippen LogP contribution < -0.4 is 0 Å². The van der Waals surface area contributed by atoms with Gasteiger partial charge in [0.1, 0.15) is 0 Å². The summed E-state index contributed by atoms with van der Waals surface area (Å²) in [4.78, 5) is 0. The zero-order valence-corrected chi connectivity index (χ0v) is 7.47. The van der Waals surface area contributed by atoms with Crippen LogP contribution in [0.15, 0.2) is 0 Å². The van der Waals surface area contributed by atoms with Crippen molar-refractivity contribution in [2.75, 3.05) is 13.2 Å². The molecule has 0 radical (unpaired) electrons. The average molecular weight is 186 g/mol. The van der Waals surface area contributed by atoms with Crippen LogP contribution >= 0.6 is 0 Å². The van der Waals surface area contributed by atoms with Gasteiger partial charge in [-0.15, -0.1) is 0 Å². The zero-order chi connectivity index (χ0) is 9.33. The van der Waals surface area contributed by atoms with Crippen LogP contribution in [0.2, 0.25) is 0 Å². The molecule has 0 aromatic carbocycles. The van der Waals surface area contributed by atoms with E-state index in [1.54, 1.807) is 0 Å². The first kappa shape index (κ1) is 13.4. The van der Waals surface area contributed by atoms with Crippen LogP contribution in [0.1, 0.15) is 20.3 Å². The molecule has 0 amide bonds. The second-order valence-electron chi connectivity index (χ2n) is 1.64. The van der Waals surface area contributed by atoms with Gasteiger partial charge >= 0.3 is 10.4 Å². The molecular weight excluding hydrogens is 172 g/mol. The summed E-state index contributed by atoms with van der Waals surface area (Å²) >= 11 is 0. The Morgan fingerprint density at radius 1 is 1.27 bits per heavy atom. The molecule has 0 spiro atoms. The lowest BCUT2D eigenvalue weighted by Gasteiger charge is -1.91. The fourth-order valence-corrected chi connectivity index (χ4v) is 0.289. The fraction of sp³-hybridized carbons (Fsp3) is 1.00. The minimum atomic E-state index is -4.67. The van der Waals surface area contributed by atoms with Gasteiger partial charge in [-0.25, -0.2) is 0 Å². The molecule has 0 unspecified atom stereocenters. The van der Waals surface area contributed by atoms with Gasteiger partial charge in [0.15, 0.2) is 0 Å². The predicted molar refractivity (Wildman–Crippen MR) is 41.0 cm³/mol. The quantitative estimate of drug-likeness (QED) is 0.502. The summed E-state index contributed by atoms with van der Waals surface area (Å²) in [6, 6.07) is 0. The Bertz CT molecular complexity index is 138. The average Bonchev–Trinajstić information content (AvgIpc) is 1.79. The molecule has 6 heteroatoms. The van der Waals surface area contributed by atoms with E-state index in [-0.39, 0.29) is 0 Å². The lowest BCUT2D eigenvalue weighted by atomic mass is 10.5. The van der Waals surface area contributed by atoms with Crippen molar-refractivity contribution in [1.29, 1.82) is 0 Å². The highest BCUT2D eigenvalue weighted by molar-refractivity contribution is 7.79. The summed E-state index contributed by atoms with van der Waals surface area (Å²) in [7, 11) is -4.67. The van der Waals surface area contributed by atoms with Crippen molar-refractivity contribution in [1.82, 2.24) is 0 Å². The van der Waals surface area contributed by atoms with E-state index in [1.807, 2.05) is 6.92 Å². The van der Waals surface area contributed by atoms with Crippen molar-refractivity contribution in [2.24, 2.45) is 0 Å². The smallest absolute Gasteiger partial charge is 0.382 e. The Kier molecular flexibility index (Phi) is 9.68. The second kappa shape index (κ2) is 7.93. The molecule has 0 aliphatic heterocycles. The third-order valence-corrected chi connectivity index (χ3v) is 0.553. The SMILES string of the molecule is CCCOCC.O=S(=O)(O)O. The van der Waals surface area contributed by atoms with Crippen molar-refractivity contribution in [2.45, 2.75) is 20.3 Å². The Labute approximate surface area is 67.0 Å². The first-order chi connectivity index (χ1) is 4.91. The molecule has 0 fully saturated rings. The summed E-state index contributed by atoms with van der Waals surface area (Å²) in [6.45, 7) is 5.88. The van der Waals surface area contributed by atoms with Crippen LogP contribution in [0.5, 0.6) is 0 Å². The largest absolute Gasteiger partial charge is 0.394 e. The minimum Gasteiger partial charge on any atom is -0.382 e. The standard InChI is InChI=1S/C5H12O.H2O4S/c1-3-5-6-4-2;1-5(2,3)4/h3-5H2,1-2H3;(H2,1,2,3,4). The monoisotopic (exact) mass is 186 g/mol. The lowest BCUT2D eigenvalue weighted by Crippen LogP contribution is -1.89. The first-order valence-electron chi connectivity index (χ1n) is 3.19. The van der Waals surface area contributed by atoms with E-state index in [4.69, 9.17) is 22.3 Å². The fourth-order valence-electron chi connectivity index (χ4n) is 0.289. The Morgan fingerprint density at radius 3 is 1.73 bits per heavy atom. The van der Waals surface area contributed by atoms with Crippen molar-refractivity contribution < 1.29 is 22.3 Å². The molecule has 0 atom stereocenters. The van der Waals surface area contributed by atoms with Crippen LogP contribution in [0, 0.1) is 0 Å². The molecule has 0 aromatic rings. The molecule has 0 rings (SSSR count). The van der Waals surface area contributed by atoms with Crippen molar-refractivity contribution in [3.8, 4) is 0 Å². The Hall–Kier alpha value is -0.170. The zero-order valence-electron chi connectivity index (χ0n) is 6.65. The van der Waals surface area contributed by atoms with Gasteiger partial charge in [0, 0.05) is 13.2 Å². The Morgan fingerprint density at radius 2 is 1.64 bits per heavy atom. The minimum absolute atomic E-state index is 0.855. The normalized spacial score (nSPS) is 10.2. The van der Waals surface area contributed by atoms with E-state index in [9.17, 15) is 0 Å². The molecule has 5 nitrogen and oxygen atoms in total. The topological polar surface area (TPSA) is 83.8 Å². The molecule has 0 aliphatic rings. The summed E-state index contributed by atoms with van der Waals surface area (Å²) in [5.74, 6) is 0. The number of ether oxygens (including phenoxy) is 1. The highest BCUT2D eigenvalue weighted by Gasteiger charge is 1.84. The van der Waals surface area contributed by atoms with Gasteiger partial charge in [0.25, 0.3) is 0 Å². The summed E-state index contributed by atoms with van der Waals surface area (Å²) < 4.78 is 36.6. The van der Waals surface area contributed by atoms with E-state index in [0.717, 1.165) is 19.6 Å². The molecule has 70 valence electrons. The van der Waals surface area contributed by atoms with E-state index >= 15 is 0 Å². The highest BCUT2D eigenvalue weighted by Crippen LogP contribution is 1.75. The van der Waals surface area contributed by atoms with Crippen molar-refractivity contribution >= 4 is 10.4 Å². The van der Waals surface area contributed by atoms with Crippen molar-refractivity contribution in [3.05, 3.63) is 0 Å². The second-order valence-corrected chi connectivity index (χ2v) is 2.54. The molecule has 0 saturated carbocycles. The molecule has 0 heterocycles.